The van der Waals surface area contributed by atoms with E-state index in [1.807, 2.05) is 49.4 Å². The standard InChI is InChI=1S/C20H20N4O3S/c1-4-28-20-22-19-17(23-24-20)13-7-5-6-8-15(13)21-18(27-19)14-11-12(25-2)9-10-16(14)26-3/h5-11,18,21H,4H2,1-3H3/t18-/m0/s1. The van der Waals surface area contributed by atoms with Crippen molar-refractivity contribution in [3.05, 3.63) is 48.0 Å². The van der Waals surface area contributed by atoms with Gasteiger partial charge in [0.05, 0.1) is 19.8 Å². The van der Waals surface area contributed by atoms with Gasteiger partial charge in [-0.1, -0.05) is 36.9 Å². The minimum atomic E-state index is -0.538. The Kier molecular flexibility index (Phi) is 5.21. The predicted molar refractivity (Wildman–Crippen MR) is 108 cm³/mol. The second-order valence-corrected chi connectivity index (χ2v) is 7.21. The van der Waals surface area contributed by atoms with Crippen molar-refractivity contribution in [2.24, 2.45) is 0 Å². The molecule has 0 saturated heterocycles. The third kappa shape index (κ3) is 3.43. The van der Waals surface area contributed by atoms with Crippen molar-refractivity contribution in [3.63, 3.8) is 0 Å². The molecule has 1 aliphatic heterocycles. The van der Waals surface area contributed by atoms with E-state index in [1.165, 1.54) is 11.8 Å². The van der Waals surface area contributed by atoms with Crippen molar-refractivity contribution in [3.8, 4) is 28.6 Å². The van der Waals surface area contributed by atoms with E-state index in [0.717, 1.165) is 22.6 Å². The fraction of sp³-hybridized carbons (Fsp3) is 0.250. The quantitative estimate of drug-likeness (QED) is 0.644. The monoisotopic (exact) mass is 396 g/mol. The van der Waals surface area contributed by atoms with Gasteiger partial charge in [0.2, 0.25) is 17.3 Å². The van der Waals surface area contributed by atoms with Gasteiger partial charge in [-0.05, 0) is 30.0 Å². The van der Waals surface area contributed by atoms with E-state index in [-0.39, 0.29) is 0 Å². The summed E-state index contributed by atoms with van der Waals surface area (Å²) in [6.45, 7) is 2.04. The molecule has 2 heterocycles. The maximum Gasteiger partial charge on any atom is 0.247 e. The van der Waals surface area contributed by atoms with E-state index in [1.54, 1.807) is 14.2 Å². The smallest absolute Gasteiger partial charge is 0.247 e. The van der Waals surface area contributed by atoms with Crippen molar-refractivity contribution in [1.29, 1.82) is 0 Å². The topological polar surface area (TPSA) is 78.4 Å². The summed E-state index contributed by atoms with van der Waals surface area (Å²) >= 11 is 1.52. The van der Waals surface area contributed by atoms with Crippen LogP contribution in [-0.4, -0.2) is 35.2 Å². The van der Waals surface area contributed by atoms with E-state index in [9.17, 15) is 0 Å². The van der Waals surface area contributed by atoms with Crippen molar-refractivity contribution in [2.45, 2.75) is 18.3 Å². The summed E-state index contributed by atoms with van der Waals surface area (Å²) in [5, 5.41) is 12.6. The maximum absolute atomic E-state index is 6.28. The Hall–Kier alpha value is -3.00. The molecule has 8 heteroatoms. The van der Waals surface area contributed by atoms with Gasteiger partial charge in [0.25, 0.3) is 0 Å². The summed E-state index contributed by atoms with van der Waals surface area (Å²) in [6.07, 6.45) is -0.538. The highest BCUT2D eigenvalue weighted by Gasteiger charge is 2.28. The molecule has 1 aliphatic rings. The molecule has 0 radical (unpaired) electrons. The molecule has 3 aromatic rings. The van der Waals surface area contributed by atoms with Crippen LogP contribution in [0, 0.1) is 0 Å². The Bertz CT molecular complexity index is 999. The van der Waals surface area contributed by atoms with Crippen molar-refractivity contribution < 1.29 is 14.2 Å². The molecule has 2 aromatic carbocycles. The predicted octanol–water partition coefficient (Wildman–Crippen LogP) is 4.17. The number of nitrogens with one attached hydrogen (secondary N) is 1. The number of para-hydroxylation sites is 1. The summed E-state index contributed by atoms with van der Waals surface area (Å²) < 4.78 is 17.2. The number of benzene rings is 2. The van der Waals surface area contributed by atoms with Gasteiger partial charge in [-0.15, -0.1) is 10.2 Å². The van der Waals surface area contributed by atoms with Gasteiger partial charge in [0.1, 0.15) is 11.5 Å². The van der Waals surface area contributed by atoms with Crippen molar-refractivity contribution in [2.75, 3.05) is 25.3 Å². The van der Waals surface area contributed by atoms with Crippen LogP contribution in [0.2, 0.25) is 0 Å². The molecule has 0 spiro atoms. The zero-order chi connectivity index (χ0) is 19.5. The Morgan fingerprint density at radius 3 is 2.75 bits per heavy atom. The average Bonchev–Trinajstić information content (AvgIpc) is 2.90. The molecule has 0 amide bonds. The number of anilines is 1. The molecule has 0 aliphatic carbocycles. The summed E-state index contributed by atoms with van der Waals surface area (Å²) in [5.74, 6) is 2.67. The van der Waals surface area contributed by atoms with Crippen LogP contribution >= 0.6 is 11.8 Å². The highest BCUT2D eigenvalue weighted by atomic mass is 32.2. The number of rotatable bonds is 5. The summed E-state index contributed by atoms with van der Waals surface area (Å²) in [4.78, 5) is 4.59. The molecule has 144 valence electrons. The first kappa shape index (κ1) is 18.4. The average molecular weight is 396 g/mol. The summed E-state index contributed by atoms with van der Waals surface area (Å²) in [6, 6.07) is 13.4. The lowest BCUT2D eigenvalue weighted by Gasteiger charge is -2.21. The minimum Gasteiger partial charge on any atom is -0.497 e. The third-order valence-electron chi connectivity index (χ3n) is 4.33. The third-order valence-corrected chi connectivity index (χ3v) is 5.05. The number of hydrogen-bond donors (Lipinski definition) is 1. The molecular formula is C20H20N4O3S. The van der Waals surface area contributed by atoms with E-state index >= 15 is 0 Å². The van der Waals surface area contributed by atoms with Gasteiger partial charge in [-0.2, -0.15) is 4.98 Å². The highest BCUT2D eigenvalue weighted by molar-refractivity contribution is 7.99. The number of fused-ring (bicyclic) bond motifs is 3. The first-order valence-corrected chi connectivity index (χ1v) is 9.84. The number of thioether (sulfide) groups is 1. The maximum atomic E-state index is 6.28. The molecule has 0 fully saturated rings. The molecule has 1 N–H and O–H groups in total. The molecular weight excluding hydrogens is 376 g/mol. The Morgan fingerprint density at radius 2 is 1.96 bits per heavy atom. The normalized spacial score (nSPS) is 14.8. The number of hydrogen-bond acceptors (Lipinski definition) is 8. The van der Waals surface area contributed by atoms with Crippen molar-refractivity contribution in [1.82, 2.24) is 15.2 Å². The van der Waals surface area contributed by atoms with Gasteiger partial charge < -0.3 is 19.5 Å². The molecule has 0 bridgehead atoms. The van der Waals surface area contributed by atoms with Crippen LogP contribution in [0.15, 0.2) is 47.6 Å². The van der Waals surface area contributed by atoms with E-state index in [2.05, 4.69) is 20.5 Å². The molecule has 0 unspecified atom stereocenters. The fourth-order valence-corrected chi connectivity index (χ4v) is 3.53. The van der Waals surface area contributed by atoms with Crippen LogP contribution in [0.4, 0.5) is 5.69 Å². The molecule has 1 atom stereocenters. The zero-order valence-electron chi connectivity index (χ0n) is 15.8. The second kappa shape index (κ2) is 7.93. The number of aromatic nitrogens is 3. The Labute approximate surface area is 167 Å². The van der Waals surface area contributed by atoms with Gasteiger partial charge in [-0.25, -0.2) is 0 Å². The van der Waals surface area contributed by atoms with E-state index in [4.69, 9.17) is 14.2 Å². The molecule has 7 nitrogen and oxygen atoms in total. The van der Waals surface area contributed by atoms with Crippen LogP contribution in [-0.2, 0) is 0 Å². The fourth-order valence-electron chi connectivity index (χ4n) is 3.02. The van der Waals surface area contributed by atoms with Gasteiger partial charge in [0.15, 0.2) is 5.69 Å². The summed E-state index contributed by atoms with van der Waals surface area (Å²) in [7, 11) is 3.26. The van der Waals surface area contributed by atoms with Crippen LogP contribution < -0.4 is 19.5 Å². The number of ether oxygens (including phenoxy) is 3. The molecule has 0 saturated carbocycles. The lowest BCUT2D eigenvalue weighted by atomic mass is 10.1. The number of nitrogens with zero attached hydrogens (tertiary/aromatic N) is 3. The Balaban J connectivity index is 1.85. The largest absolute Gasteiger partial charge is 0.497 e. The lowest BCUT2D eigenvalue weighted by Crippen LogP contribution is -2.18. The second-order valence-electron chi connectivity index (χ2n) is 5.98. The van der Waals surface area contributed by atoms with Gasteiger partial charge in [0, 0.05) is 11.3 Å². The van der Waals surface area contributed by atoms with Crippen LogP contribution in [0.1, 0.15) is 18.7 Å². The molecule has 28 heavy (non-hydrogen) atoms. The molecule has 4 rings (SSSR count). The van der Waals surface area contributed by atoms with Crippen LogP contribution in [0.3, 0.4) is 0 Å². The first-order chi connectivity index (χ1) is 13.7. The van der Waals surface area contributed by atoms with Crippen LogP contribution in [0.5, 0.6) is 17.4 Å². The molecule has 1 aromatic heterocycles. The van der Waals surface area contributed by atoms with E-state index in [0.29, 0.717) is 28.2 Å². The van der Waals surface area contributed by atoms with Gasteiger partial charge in [-0.3, -0.25) is 0 Å². The van der Waals surface area contributed by atoms with E-state index < -0.39 is 6.23 Å². The SMILES string of the molecule is CCSc1nnc2c(n1)O[C@@H](c1cc(OC)ccc1OC)Nc1ccccc1-2. The lowest BCUT2D eigenvalue weighted by molar-refractivity contribution is 0.219. The van der Waals surface area contributed by atoms with Gasteiger partial charge >= 0.3 is 0 Å². The highest BCUT2D eigenvalue weighted by Crippen LogP contribution is 2.41. The Morgan fingerprint density at radius 1 is 1.11 bits per heavy atom. The van der Waals surface area contributed by atoms with Crippen LogP contribution in [0.25, 0.3) is 11.3 Å². The van der Waals surface area contributed by atoms with Crippen molar-refractivity contribution >= 4 is 17.4 Å². The zero-order valence-corrected chi connectivity index (χ0v) is 16.6. The first-order valence-electron chi connectivity index (χ1n) is 8.85. The minimum absolute atomic E-state index is 0.429. The summed E-state index contributed by atoms with van der Waals surface area (Å²) in [5.41, 5.74) is 3.17. The number of methoxy groups -OCH3 is 2.